The van der Waals surface area contributed by atoms with Gasteiger partial charge in [-0.1, -0.05) is 48.5 Å². The molecule has 2 amide bonds. The molecule has 2 aromatic carbocycles. The molecule has 0 bridgehead atoms. The number of ether oxygens (including phenoxy) is 2. The van der Waals surface area contributed by atoms with Gasteiger partial charge in [0, 0.05) is 11.5 Å². The lowest BCUT2D eigenvalue weighted by atomic mass is 10.0. The highest BCUT2D eigenvalue weighted by Gasteiger charge is 2.36. The minimum Gasteiger partial charge on any atom is -0.444 e. The molecule has 2 saturated heterocycles. The second-order valence-corrected chi connectivity index (χ2v) is 15.5. The van der Waals surface area contributed by atoms with Gasteiger partial charge in [0.25, 0.3) is 0 Å². The number of thioether (sulfide) groups is 2. The predicted molar refractivity (Wildman–Crippen MR) is 183 cm³/mol. The van der Waals surface area contributed by atoms with Gasteiger partial charge in [-0.3, -0.25) is 9.80 Å². The summed E-state index contributed by atoms with van der Waals surface area (Å²) in [4.78, 5) is 45.1. The van der Waals surface area contributed by atoms with Crippen molar-refractivity contribution in [2.24, 2.45) is 0 Å². The predicted octanol–water partition coefficient (Wildman–Crippen LogP) is 8.10. The molecule has 2 aliphatic heterocycles. The van der Waals surface area contributed by atoms with Crippen LogP contribution in [0.1, 0.15) is 65.3 Å². The van der Waals surface area contributed by atoms with Crippen molar-refractivity contribution in [1.29, 1.82) is 0 Å². The van der Waals surface area contributed by atoms with Crippen LogP contribution in [0.2, 0.25) is 0 Å². The molecule has 0 unspecified atom stereocenters. The van der Waals surface area contributed by atoms with E-state index in [1.54, 1.807) is 33.3 Å². The number of carbonyl (C=O) groups excluding carboxylic acids is 2. The van der Waals surface area contributed by atoms with Crippen LogP contribution < -0.4 is 0 Å². The van der Waals surface area contributed by atoms with Gasteiger partial charge >= 0.3 is 12.2 Å². The maximum Gasteiger partial charge on any atom is 0.411 e. The lowest BCUT2D eigenvalue weighted by molar-refractivity contribution is 0.0222. The number of carbonyl (C=O) groups is 2. The summed E-state index contributed by atoms with van der Waals surface area (Å²) in [5, 5.41) is 0. The first-order valence-corrected chi connectivity index (χ1v) is 17.6. The summed E-state index contributed by atoms with van der Waals surface area (Å²) in [5.41, 5.74) is 4.94. The van der Waals surface area contributed by atoms with Gasteiger partial charge in [-0.05, 0) is 63.8 Å². The fraction of sp³-hybridized carbons (Fsp3) is 0.412. The number of benzene rings is 2. The summed E-state index contributed by atoms with van der Waals surface area (Å²) >= 11 is 3.39. The average molecular weight is 661 g/mol. The molecule has 0 spiro atoms. The van der Waals surface area contributed by atoms with Crippen LogP contribution in [0.3, 0.4) is 0 Å². The van der Waals surface area contributed by atoms with Gasteiger partial charge in [0.1, 0.15) is 34.9 Å². The van der Waals surface area contributed by atoms with Crippen LogP contribution in [-0.2, 0) is 9.47 Å². The minimum atomic E-state index is -0.546. The molecule has 4 heterocycles. The summed E-state index contributed by atoms with van der Waals surface area (Å²) in [6.07, 6.45) is 3.01. The van der Waals surface area contributed by atoms with Crippen molar-refractivity contribution in [2.75, 3.05) is 23.3 Å². The first kappa shape index (κ1) is 32.1. The topological polar surface area (TPSA) is 116 Å². The van der Waals surface area contributed by atoms with Crippen LogP contribution in [0.25, 0.3) is 33.6 Å². The number of nitrogens with zero attached hydrogens (tertiary/aromatic N) is 4. The number of hydrogen-bond acceptors (Lipinski definition) is 8. The maximum atomic E-state index is 12.7. The first-order valence-electron chi connectivity index (χ1n) is 15.3. The van der Waals surface area contributed by atoms with Gasteiger partial charge in [0.2, 0.25) is 0 Å². The Morgan fingerprint density at radius 1 is 0.652 bits per heavy atom. The van der Waals surface area contributed by atoms with Gasteiger partial charge in [-0.15, -0.1) is 23.5 Å². The quantitative estimate of drug-likeness (QED) is 0.221. The Kier molecular flexibility index (Phi) is 8.86. The smallest absolute Gasteiger partial charge is 0.411 e. The molecule has 2 aromatic heterocycles. The largest absolute Gasteiger partial charge is 0.444 e. The van der Waals surface area contributed by atoms with Crippen LogP contribution in [0, 0.1) is 0 Å². The van der Waals surface area contributed by atoms with E-state index in [0.717, 1.165) is 56.8 Å². The molecule has 2 aliphatic rings. The molecule has 4 aromatic rings. The van der Waals surface area contributed by atoms with Crippen LogP contribution >= 0.6 is 23.5 Å². The number of nitrogens with one attached hydrogen (secondary N) is 2. The highest BCUT2D eigenvalue weighted by Crippen LogP contribution is 2.36. The van der Waals surface area contributed by atoms with Crippen LogP contribution in [-0.4, -0.2) is 76.4 Å². The van der Waals surface area contributed by atoms with Gasteiger partial charge in [-0.2, -0.15) is 0 Å². The van der Waals surface area contributed by atoms with E-state index in [1.165, 1.54) is 0 Å². The number of hydrogen-bond donors (Lipinski definition) is 2. The minimum absolute atomic E-state index is 0.154. The Morgan fingerprint density at radius 2 is 1.00 bits per heavy atom. The third kappa shape index (κ3) is 7.23. The van der Waals surface area contributed by atoms with Crippen molar-refractivity contribution in [3.8, 4) is 33.6 Å². The molecule has 0 saturated carbocycles. The van der Waals surface area contributed by atoms with E-state index in [9.17, 15) is 9.59 Å². The number of amides is 2. The van der Waals surface area contributed by atoms with Crippen LogP contribution in [0.4, 0.5) is 9.59 Å². The normalized spacial score (nSPS) is 18.7. The van der Waals surface area contributed by atoms with E-state index in [2.05, 4.69) is 68.5 Å². The average Bonchev–Trinajstić information content (AvgIpc) is 3.82. The lowest BCUT2D eigenvalue weighted by Crippen LogP contribution is -2.37. The second kappa shape index (κ2) is 12.7. The van der Waals surface area contributed by atoms with Crippen molar-refractivity contribution >= 4 is 35.7 Å². The Morgan fingerprint density at radius 3 is 1.35 bits per heavy atom. The summed E-state index contributed by atoms with van der Waals surface area (Å²) in [6, 6.07) is 16.4. The van der Waals surface area contributed by atoms with Crippen molar-refractivity contribution in [2.45, 2.75) is 64.8 Å². The molecule has 0 aliphatic carbocycles. The van der Waals surface area contributed by atoms with Crippen molar-refractivity contribution in [3.63, 3.8) is 0 Å². The second-order valence-electron chi connectivity index (χ2n) is 13.5. The van der Waals surface area contributed by atoms with Gasteiger partial charge in [0.05, 0.1) is 35.5 Å². The fourth-order valence-electron chi connectivity index (χ4n) is 5.33. The maximum absolute atomic E-state index is 12.7. The molecule has 6 rings (SSSR count). The van der Waals surface area contributed by atoms with E-state index in [-0.39, 0.29) is 24.3 Å². The lowest BCUT2D eigenvalue weighted by Gasteiger charge is -2.27. The van der Waals surface area contributed by atoms with E-state index >= 15 is 0 Å². The first-order chi connectivity index (χ1) is 21.8. The Labute approximate surface area is 278 Å². The fourth-order valence-corrected chi connectivity index (χ4v) is 7.63. The summed E-state index contributed by atoms with van der Waals surface area (Å²) in [7, 11) is 0. The van der Waals surface area contributed by atoms with Gasteiger partial charge in [-0.25, -0.2) is 19.6 Å². The standard InChI is InChI=1S/C34H40N6O4S2/c1-33(2,3)43-31(41)39-19-45-17-27(39)29-35-15-25(37-29)23-11-7-21(8-12-23)22-9-13-24(14-10-22)26-16-36-30(38-26)28-18-46-20-40(28)32(42)44-34(4,5)6/h7-16,27-28H,17-20H2,1-6H3,(H,35,37)(H,36,38)/t27-,28-/m0/s1. The van der Waals surface area contributed by atoms with Crippen LogP contribution in [0.15, 0.2) is 60.9 Å². The SMILES string of the molecule is CC(C)(C)OC(=O)N1CSC[C@H]1c1ncc(-c2ccc(-c3ccc(-c4cnc([C@@H]5CSCN5C(=O)OC(C)(C)C)[nH]4)cc3)cc2)[nH]1. The van der Waals surface area contributed by atoms with Gasteiger partial charge < -0.3 is 19.4 Å². The van der Waals surface area contributed by atoms with E-state index < -0.39 is 11.2 Å². The molecule has 242 valence electrons. The van der Waals surface area contributed by atoms with Crippen molar-refractivity contribution in [1.82, 2.24) is 29.7 Å². The molecule has 10 nitrogen and oxygen atoms in total. The van der Waals surface area contributed by atoms with Gasteiger partial charge in [0.15, 0.2) is 0 Å². The number of imidazole rings is 2. The zero-order valence-corrected chi connectivity index (χ0v) is 28.6. The molecular formula is C34H40N6O4S2. The van der Waals surface area contributed by atoms with E-state index in [1.807, 2.05) is 53.9 Å². The Hall–Kier alpha value is -3.90. The highest BCUT2D eigenvalue weighted by molar-refractivity contribution is 7.99. The number of H-pyrrole nitrogens is 2. The molecule has 2 fully saturated rings. The molecule has 2 atom stereocenters. The molecule has 2 N–H and O–H groups in total. The Balaban J connectivity index is 1.11. The molecule has 46 heavy (non-hydrogen) atoms. The molecule has 0 radical (unpaired) electrons. The summed E-state index contributed by atoms with van der Waals surface area (Å²) in [6.45, 7) is 11.3. The van der Waals surface area contributed by atoms with E-state index in [4.69, 9.17) is 9.47 Å². The number of aromatic amines is 2. The zero-order valence-electron chi connectivity index (χ0n) is 27.0. The molecular weight excluding hydrogens is 621 g/mol. The van der Waals surface area contributed by atoms with E-state index in [0.29, 0.717) is 11.8 Å². The van der Waals surface area contributed by atoms with Crippen LogP contribution in [0.5, 0.6) is 0 Å². The zero-order chi connectivity index (χ0) is 32.6. The third-order valence-corrected chi connectivity index (χ3v) is 9.59. The summed E-state index contributed by atoms with van der Waals surface area (Å²) in [5.74, 6) is 4.22. The monoisotopic (exact) mass is 660 g/mol. The summed E-state index contributed by atoms with van der Waals surface area (Å²) < 4.78 is 11.2. The molecule has 12 heteroatoms. The third-order valence-electron chi connectivity index (χ3n) is 7.57. The van der Waals surface area contributed by atoms with Crippen molar-refractivity contribution < 1.29 is 19.1 Å². The highest BCUT2D eigenvalue weighted by atomic mass is 32.2. The number of rotatable bonds is 5. The Bertz CT molecular complexity index is 1560. The van der Waals surface area contributed by atoms with Crippen molar-refractivity contribution in [3.05, 3.63) is 72.6 Å². The number of aromatic nitrogens is 4.